The van der Waals surface area contributed by atoms with Crippen LogP contribution >= 0.6 is 0 Å². The average molecular weight is 570 g/mol. The van der Waals surface area contributed by atoms with Crippen molar-refractivity contribution in [3.63, 3.8) is 0 Å². The van der Waals surface area contributed by atoms with Gasteiger partial charge in [0.2, 0.25) is 11.8 Å². The summed E-state index contributed by atoms with van der Waals surface area (Å²) >= 11 is 0. The zero-order valence-electron chi connectivity index (χ0n) is 23.3. The third kappa shape index (κ3) is 7.59. The Balaban J connectivity index is 2.06. The second-order valence-electron chi connectivity index (χ2n) is 9.39. The van der Waals surface area contributed by atoms with Gasteiger partial charge in [-0.05, 0) is 61.7 Å². The highest BCUT2D eigenvalue weighted by Gasteiger charge is 2.33. The molecule has 0 aliphatic rings. The highest BCUT2D eigenvalue weighted by Crippen LogP contribution is 2.28. The number of nitrogens with one attached hydrogen (secondary N) is 1. The number of carbonyl (C=O) groups excluding carboxylic acids is 2. The fourth-order valence-electron chi connectivity index (χ4n) is 4.20. The number of rotatable bonds is 13. The van der Waals surface area contributed by atoms with E-state index in [1.807, 2.05) is 13.8 Å². The Morgan fingerprint density at radius 1 is 1.00 bits per heavy atom. The van der Waals surface area contributed by atoms with Gasteiger partial charge >= 0.3 is 0 Å². The van der Waals surface area contributed by atoms with E-state index in [9.17, 15) is 22.4 Å². The van der Waals surface area contributed by atoms with Crippen LogP contribution in [0.15, 0.2) is 77.7 Å². The number of halogens is 1. The monoisotopic (exact) mass is 569 g/mol. The van der Waals surface area contributed by atoms with Gasteiger partial charge in [-0.25, -0.2) is 12.8 Å². The first kappa shape index (κ1) is 30.6. The van der Waals surface area contributed by atoms with Gasteiger partial charge in [0.25, 0.3) is 10.0 Å². The lowest BCUT2D eigenvalue weighted by Crippen LogP contribution is -2.52. The minimum absolute atomic E-state index is 0.00625. The third-order valence-corrected chi connectivity index (χ3v) is 8.22. The van der Waals surface area contributed by atoms with E-state index in [1.165, 1.54) is 54.5 Å². The molecule has 10 heteroatoms. The molecule has 214 valence electrons. The third-order valence-electron chi connectivity index (χ3n) is 6.43. The summed E-state index contributed by atoms with van der Waals surface area (Å²) in [7, 11) is -2.72. The van der Waals surface area contributed by atoms with E-state index in [2.05, 4.69) is 5.32 Å². The van der Waals surface area contributed by atoms with Crippen molar-refractivity contribution < 1.29 is 27.1 Å². The number of methoxy groups -OCH3 is 1. The fourth-order valence-corrected chi connectivity index (χ4v) is 5.61. The van der Waals surface area contributed by atoms with E-state index in [0.717, 1.165) is 9.87 Å². The van der Waals surface area contributed by atoms with Crippen LogP contribution in [0, 0.1) is 12.7 Å². The maximum Gasteiger partial charge on any atom is 0.264 e. The molecule has 0 saturated heterocycles. The van der Waals surface area contributed by atoms with Crippen molar-refractivity contribution >= 4 is 27.5 Å². The summed E-state index contributed by atoms with van der Waals surface area (Å²) in [6, 6.07) is 17.6. The Kier molecular flexibility index (Phi) is 10.7. The van der Waals surface area contributed by atoms with Crippen LogP contribution in [0.4, 0.5) is 10.1 Å². The molecule has 2 amide bonds. The van der Waals surface area contributed by atoms with Crippen molar-refractivity contribution in [2.24, 2.45) is 0 Å². The highest BCUT2D eigenvalue weighted by atomic mass is 32.2. The normalized spacial score (nSPS) is 11.9. The Hall–Kier alpha value is -3.92. The van der Waals surface area contributed by atoms with E-state index in [0.29, 0.717) is 30.7 Å². The van der Waals surface area contributed by atoms with Crippen molar-refractivity contribution in [2.75, 3.05) is 24.5 Å². The van der Waals surface area contributed by atoms with Crippen LogP contribution in [0.3, 0.4) is 0 Å². The van der Waals surface area contributed by atoms with Crippen LogP contribution in [-0.2, 0) is 26.2 Å². The molecule has 1 unspecified atom stereocenters. The second-order valence-corrected chi connectivity index (χ2v) is 11.3. The molecule has 0 spiro atoms. The van der Waals surface area contributed by atoms with Gasteiger partial charge in [-0.2, -0.15) is 0 Å². The molecular weight excluding hydrogens is 533 g/mol. The first-order valence-corrected chi connectivity index (χ1v) is 14.6. The summed E-state index contributed by atoms with van der Waals surface area (Å²) in [5, 5.41) is 2.83. The van der Waals surface area contributed by atoms with E-state index in [1.54, 1.807) is 37.3 Å². The molecule has 0 aliphatic heterocycles. The van der Waals surface area contributed by atoms with Crippen LogP contribution in [0.2, 0.25) is 0 Å². The SMILES string of the molecule is CCCNC(=O)C(CC)N(Cc1ccc(F)cc1)C(=O)CN(c1cccc(OC)c1)S(=O)(=O)c1ccc(C)cc1. The molecular formula is C30H36FN3O5S. The molecule has 40 heavy (non-hydrogen) atoms. The Morgan fingerprint density at radius 2 is 1.68 bits per heavy atom. The summed E-state index contributed by atoms with van der Waals surface area (Å²) in [5.41, 5.74) is 1.72. The zero-order valence-corrected chi connectivity index (χ0v) is 24.1. The fraction of sp³-hybridized carbons (Fsp3) is 0.333. The molecule has 8 nitrogen and oxygen atoms in total. The van der Waals surface area contributed by atoms with Crippen molar-refractivity contribution in [1.29, 1.82) is 0 Å². The predicted octanol–water partition coefficient (Wildman–Crippen LogP) is 4.67. The predicted molar refractivity (Wildman–Crippen MR) is 153 cm³/mol. The van der Waals surface area contributed by atoms with Crippen LogP contribution in [0.1, 0.15) is 37.8 Å². The number of aryl methyl sites for hydroxylation is 1. The summed E-state index contributed by atoms with van der Waals surface area (Å²) in [5.74, 6) is -0.930. The van der Waals surface area contributed by atoms with Crippen LogP contribution in [0.25, 0.3) is 0 Å². The molecule has 0 fully saturated rings. The van der Waals surface area contributed by atoms with Gasteiger partial charge in [-0.15, -0.1) is 0 Å². The van der Waals surface area contributed by atoms with Gasteiger partial charge < -0.3 is 15.0 Å². The van der Waals surface area contributed by atoms with Crippen LogP contribution < -0.4 is 14.4 Å². The molecule has 0 saturated carbocycles. The summed E-state index contributed by atoms with van der Waals surface area (Å²) < 4.78 is 47.7. The molecule has 3 aromatic rings. The summed E-state index contributed by atoms with van der Waals surface area (Å²) in [4.78, 5) is 28.5. The first-order valence-electron chi connectivity index (χ1n) is 13.2. The smallest absolute Gasteiger partial charge is 0.264 e. The first-order chi connectivity index (χ1) is 19.1. The molecule has 0 radical (unpaired) electrons. The highest BCUT2D eigenvalue weighted by molar-refractivity contribution is 7.92. The topological polar surface area (TPSA) is 96.0 Å². The summed E-state index contributed by atoms with van der Waals surface area (Å²) in [6.07, 6.45) is 1.01. The van der Waals surface area contributed by atoms with E-state index in [-0.39, 0.29) is 23.0 Å². The van der Waals surface area contributed by atoms with Gasteiger partial charge in [0, 0.05) is 19.2 Å². The number of benzene rings is 3. The lowest BCUT2D eigenvalue weighted by atomic mass is 10.1. The molecule has 1 atom stereocenters. The van der Waals surface area contributed by atoms with Crippen molar-refractivity contribution in [2.45, 2.75) is 51.1 Å². The lowest BCUT2D eigenvalue weighted by Gasteiger charge is -2.33. The van der Waals surface area contributed by atoms with Gasteiger partial charge in [0.05, 0.1) is 17.7 Å². The number of ether oxygens (including phenoxy) is 1. The standard InChI is InChI=1S/C30H36FN3O5S/c1-5-18-32-30(36)28(6-2)33(20-23-12-14-24(31)15-13-23)29(35)21-34(25-8-7-9-26(19-25)39-4)40(37,38)27-16-10-22(3)11-17-27/h7-17,19,28H,5-6,18,20-21H2,1-4H3,(H,32,36). The molecule has 0 aromatic heterocycles. The molecule has 0 bridgehead atoms. The van der Waals surface area contributed by atoms with Gasteiger partial charge in [-0.1, -0.05) is 49.7 Å². The Labute approximate surface area is 235 Å². The van der Waals surface area contributed by atoms with Crippen LogP contribution in [-0.4, -0.2) is 51.4 Å². The minimum Gasteiger partial charge on any atom is -0.497 e. The van der Waals surface area contributed by atoms with Crippen LogP contribution in [0.5, 0.6) is 5.75 Å². The largest absolute Gasteiger partial charge is 0.497 e. The number of hydrogen-bond acceptors (Lipinski definition) is 5. The average Bonchev–Trinajstić information content (AvgIpc) is 2.95. The Morgan fingerprint density at radius 3 is 2.27 bits per heavy atom. The maximum atomic E-state index is 14.0. The summed E-state index contributed by atoms with van der Waals surface area (Å²) in [6.45, 7) is 5.41. The molecule has 3 aromatic carbocycles. The lowest BCUT2D eigenvalue weighted by molar-refractivity contribution is -0.140. The number of amides is 2. The van der Waals surface area contributed by atoms with Crippen molar-refractivity contribution in [3.05, 3.63) is 89.7 Å². The van der Waals surface area contributed by atoms with Gasteiger partial charge in [-0.3, -0.25) is 13.9 Å². The van der Waals surface area contributed by atoms with E-state index < -0.39 is 34.3 Å². The number of anilines is 1. The van der Waals surface area contributed by atoms with Crippen molar-refractivity contribution in [1.82, 2.24) is 10.2 Å². The molecule has 0 aliphatic carbocycles. The number of sulfonamides is 1. The molecule has 3 rings (SSSR count). The van der Waals surface area contributed by atoms with Crippen molar-refractivity contribution in [3.8, 4) is 5.75 Å². The minimum atomic E-state index is -4.19. The number of hydrogen-bond donors (Lipinski definition) is 1. The number of nitrogens with zero attached hydrogens (tertiary/aromatic N) is 2. The molecule has 1 N–H and O–H groups in total. The maximum absolute atomic E-state index is 14.0. The second kappa shape index (κ2) is 13.9. The zero-order chi connectivity index (χ0) is 29.3. The quantitative estimate of drug-likeness (QED) is 0.323. The number of carbonyl (C=O) groups is 2. The van der Waals surface area contributed by atoms with Gasteiger partial charge in [0.1, 0.15) is 24.2 Å². The van der Waals surface area contributed by atoms with Gasteiger partial charge in [0.15, 0.2) is 0 Å². The van der Waals surface area contributed by atoms with E-state index >= 15 is 0 Å². The Bertz CT molecular complexity index is 1400. The molecule has 0 heterocycles. The van der Waals surface area contributed by atoms with E-state index in [4.69, 9.17) is 4.74 Å².